The molecule has 0 heterocycles. The maximum absolute atomic E-state index is 5.07. The van der Waals surface area contributed by atoms with Crippen molar-refractivity contribution >= 4 is 5.69 Å². The van der Waals surface area contributed by atoms with E-state index in [1.165, 1.54) is 0 Å². The van der Waals surface area contributed by atoms with Gasteiger partial charge in [0, 0.05) is 12.7 Å². The molecular formula is C11H15NO. The molecule has 13 heavy (non-hydrogen) atoms. The smallest absolute Gasteiger partial charge is 0.119 e. The number of nitrogens with zero attached hydrogens (tertiary/aromatic N) is 1. The first kappa shape index (κ1) is 9.65. The van der Waals surface area contributed by atoms with Gasteiger partial charge in [0.15, 0.2) is 0 Å². The van der Waals surface area contributed by atoms with E-state index in [4.69, 9.17) is 4.74 Å². The van der Waals surface area contributed by atoms with Crippen molar-refractivity contribution in [3.05, 3.63) is 36.5 Å². The zero-order valence-corrected chi connectivity index (χ0v) is 8.32. The zero-order chi connectivity index (χ0) is 9.68. The van der Waals surface area contributed by atoms with E-state index in [0.29, 0.717) is 0 Å². The maximum atomic E-state index is 5.07. The minimum absolute atomic E-state index is 0.887. The number of ether oxygens (including phenoxy) is 1. The third-order valence-corrected chi connectivity index (χ3v) is 1.85. The van der Waals surface area contributed by atoms with Gasteiger partial charge < -0.3 is 9.64 Å². The van der Waals surface area contributed by atoms with Crippen LogP contribution in [0.15, 0.2) is 36.5 Å². The third kappa shape index (κ3) is 2.51. The molecule has 0 aliphatic rings. The molecule has 70 valence electrons. The highest BCUT2D eigenvalue weighted by Crippen LogP contribution is 2.17. The van der Waals surface area contributed by atoms with Crippen molar-refractivity contribution in [2.24, 2.45) is 0 Å². The van der Waals surface area contributed by atoms with Crippen LogP contribution in [0.5, 0.6) is 5.75 Å². The number of allylic oxidation sites excluding steroid dienone is 1. The van der Waals surface area contributed by atoms with Gasteiger partial charge in [-0.25, -0.2) is 0 Å². The summed E-state index contributed by atoms with van der Waals surface area (Å²) in [5, 5.41) is 0. The average Bonchev–Trinajstić information content (AvgIpc) is 2.18. The number of hydrogen-bond donors (Lipinski definition) is 0. The van der Waals surface area contributed by atoms with Crippen molar-refractivity contribution in [3.8, 4) is 5.75 Å². The summed E-state index contributed by atoms with van der Waals surface area (Å²) in [5.41, 5.74) is 1.15. The van der Waals surface area contributed by atoms with E-state index >= 15 is 0 Å². The van der Waals surface area contributed by atoms with E-state index in [1.807, 2.05) is 50.5 Å². The summed E-state index contributed by atoms with van der Waals surface area (Å²) in [6, 6.07) is 7.96. The average molecular weight is 177 g/mol. The van der Waals surface area contributed by atoms with Gasteiger partial charge in [0.2, 0.25) is 0 Å². The van der Waals surface area contributed by atoms with Crippen LogP contribution in [0.2, 0.25) is 0 Å². The Balaban J connectivity index is 2.79. The highest BCUT2D eigenvalue weighted by Gasteiger charge is 1.95. The molecule has 0 radical (unpaired) electrons. The molecule has 0 N–H and O–H groups in total. The molecule has 0 unspecified atom stereocenters. The van der Waals surface area contributed by atoms with Gasteiger partial charge in [-0.3, -0.25) is 0 Å². The predicted octanol–water partition coefficient (Wildman–Crippen LogP) is 2.67. The van der Waals surface area contributed by atoms with Gasteiger partial charge in [0.25, 0.3) is 0 Å². The molecule has 0 saturated heterocycles. The second kappa shape index (κ2) is 4.55. The Morgan fingerprint density at radius 3 is 2.31 bits per heavy atom. The van der Waals surface area contributed by atoms with Gasteiger partial charge in [-0.2, -0.15) is 0 Å². The Morgan fingerprint density at radius 1 is 1.23 bits per heavy atom. The van der Waals surface area contributed by atoms with E-state index in [9.17, 15) is 0 Å². The predicted molar refractivity (Wildman–Crippen MR) is 56.2 cm³/mol. The molecule has 0 aliphatic carbocycles. The molecule has 0 aromatic heterocycles. The van der Waals surface area contributed by atoms with Crippen molar-refractivity contribution in [1.29, 1.82) is 0 Å². The van der Waals surface area contributed by atoms with Gasteiger partial charge in [0.05, 0.1) is 7.11 Å². The SMILES string of the molecule is CC=CN(C)c1ccc(OC)cc1. The Morgan fingerprint density at radius 2 is 1.85 bits per heavy atom. The van der Waals surface area contributed by atoms with Crippen LogP contribution in [0.3, 0.4) is 0 Å². The Hall–Kier alpha value is -1.44. The molecule has 1 aromatic carbocycles. The summed E-state index contributed by atoms with van der Waals surface area (Å²) >= 11 is 0. The van der Waals surface area contributed by atoms with Crippen LogP contribution in [-0.2, 0) is 0 Å². The van der Waals surface area contributed by atoms with Crippen LogP contribution in [0.1, 0.15) is 6.92 Å². The van der Waals surface area contributed by atoms with Gasteiger partial charge in [-0.1, -0.05) is 6.08 Å². The Kier molecular flexibility index (Phi) is 3.38. The van der Waals surface area contributed by atoms with E-state index in [1.54, 1.807) is 7.11 Å². The van der Waals surface area contributed by atoms with Crippen molar-refractivity contribution in [1.82, 2.24) is 0 Å². The van der Waals surface area contributed by atoms with Crippen LogP contribution in [0.4, 0.5) is 5.69 Å². The Bertz CT molecular complexity index is 277. The highest BCUT2D eigenvalue weighted by molar-refractivity contribution is 5.50. The fourth-order valence-corrected chi connectivity index (χ4v) is 1.13. The lowest BCUT2D eigenvalue weighted by molar-refractivity contribution is 0.415. The molecule has 0 amide bonds. The van der Waals surface area contributed by atoms with E-state index in [-0.39, 0.29) is 0 Å². The summed E-state index contributed by atoms with van der Waals surface area (Å²) in [4.78, 5) is 2.06. The molecule has 0 atom stereocenters. The second-order valence-corrected chi connectivity index (χ2v) is 2.79. The monoisotopic (exact) mass is 177 g/mol. The van der Waals surface area contributed by atoms with Crippen LogP contribution in [0.25, 0.3) is 0 Å². The minimum atomic E-state index is 0.887. The molecule has 2 heteroatoms. The summed E-state index contributed by atoms with van der Waals surface area (Å²) < 4.78 is 5.07. The van der Waals surface area contributed by atoms with Crippen LogP contribution in [-0.4, -0.2) is 14.2 Å². The largest absolute Gasteiger partial charge is 0.497 e. The molecule has 1 aromatic rings. The number of methoxy groups -OCH3 is 1. The third-order valence-electron chi connectivity index (χ3n) is 1.85. The number of hydrogen-bond acceptors (Lipinski definition) is 2. The first-order chi connectivity index (χ1) is 6.27. The van der Waals surface area contributed by atoms with Crippen molar-refractivity contribution in [2.75, 3.05) is 19.1 Å². The summed E-state index contributed by atoms with van der Waals surface area (Å²) in [6.07, 6.45) is 4.02. The van der Waals surface area contributed by atoms with Gasteiger partial charge in [0.1, 0.15) is 5.75 Å². The molecule has 0 fully saturated rings. The number of anilines is 1. The molecular weight excluding hydrogens is 162 g/mol. The summed E-state index contributed by atoms with van der Waals surface area (Å²) in [7, 11) is 3.69. The molecule has 0 saturated carbocycles. The normalized spacial score (nSPS) is 10.4. The van der Waals surface area contributed by atoms with Crippen LogP contribution in [0, 0.1) is 0 Å². The number of rotatable bonds is 3. The van der Waals surface area contributed by atoms with Gasteiger partial charge >= 0.3 is 0 Å². The van der Waals surface area contributed by atoms with E-state index in [0.717, 1.165) is 11.4 Å². The first-order valence-corrected chi connectivity index (χ1v) is 4.27. The quantitative estimate of drug-likeness (QED) is 0.703. The van der Waals surface area contributed by atoms with Crippen LogP contribution >= 0.6 is 0 Å². The summed E-state index contributed by atoms with van der Waals surface area (Å²) in [5.74, 6) is 0.887. The van der Waals surface area contributed by atoms with Crippen LogP contribution < -0.4 is 9.64 Å². The minimum Gasteiger partial charge on any atom is -0.497 e. The van der Waals surface area contributed by atoms with Crippen molar-refractivity contribution < 1.29 is 4.74 Å². The van der Waals surface area contributed by atoms with Crippen molar-refractivity contribution in [3.63, 3.8) is 0 Å². The summed E-state index contributed by atoms with van der Waals surface area (Å²) in [6.45, 7) is 2.00. The maximum Gasteiger partial charge on any atom is 0.119 e. The lowest BCUT2D eigenvalue weighted by atomic mass is 10.3. The molecule has 0 bridgehead atoms. The topological polar surface area (TPSA) is 12.5 Å². The number of benzene rings is 1. The van der Waals surface area contributed by atoms with E-state index in [2.05, 4.69) is 4.90 Å². The molecule has 1 rings (SSSR count). The van der Waals surface area contributed by atoms with Gasteiger partial charge in [-0.05, 0) is 37.4 Å². The van der Waals surface area contributed by atoms with Crippen molar-refractivity contribution in [2.45, 2.75) is 6.92 Å². The molecule has 0 spiro atoms. The first-order valence-electron chi connectivity index (χ1n) is 4.27. The molecule has 0 aliphatic heterocycles. The lowest BCUT2D eigenvalue weighted by Gasteiger charge is -2.13. The Labute approximate surface area is 79.4 Å². The lowest BCUT2D eigenvalue weighted by Crippen LogP contribution is -2.06. The van der Waals surface area contributed by atoms with Gasteiger partial charge in [-0.15, -0.1) is 0 Å². The fraction of sp³-hybridized carbons (Fsp3) is 0.273. The standard InChI is InChI=1S/C11H15NO/c1-4-9-12(2)10-5-7-11(13-3)8-6-10/h4-9H,1-3H3. The fourth-order valence-electron chi connectivity index (χ4n) is 1.13. The zero-order valence-electron chi connectivity index (χ0n) is 8.32. The van der Waals surface area contributed by atoms with E-state index < -0.39 is 0 Å². The second-order valence-electron chi connectivity index (χ2n) is 2.79. The molecule has 2 nitrogen and oxygen atoms in total. The highest BCUT2D eigenvalue weighted by atomic mass is 16.5.